The largest absolute Gasteiger partial charge is 0.309 e. The van der Waals surface area contributed by atoms with Crippen LogP contribution in [0.15, 0.2) is 188 Å². The molecule has 0 radical (unpaired) electrons. The van der Waals surface area contributed by atoms with E-state index in [1.165, 1.54) is 36.7 Å². The first-order chi connectivity index (χ1) is 28.3. The maximum absolute atomic E-state index is 5.37. The lowest BCUT2D eigenvalue weighted by molar-refractivity contribution is 0.955. The van der Waals surface area contributed by atoms with Crippen LogP contribution in [0.4, 0.5) is 0 Å². The average Bonchev–Trinajstić information content (AvgIpc) is 3.93. The van der Waals surface area contributed by atoms with Crippen LogP contribution in [-0.2, 0) is 0 Å². The lowest BCUT2D eigenvalue weighted by Crippen LogP contribution is -2.06. The minimum atomic E-state index is 0.584. The van der Waals surface area contributed by atoms with E-state index in [4.69, 9.17) is 15.0 Å². The summed E-state index contributed by atoms with van der Waals surface area (Å²) in [6.45, 7) is 0. The van der Waals surface area contributed by atoms with Crippen LogP contribution in [0, 0.1) is 0 Å². The molecule has 4 aromatic heterocycles. The average molecular weight is 746 g/mol. The molecule has 0 N–H and O–H groups in total. The van der Waals surface area contributed by atoms with Gasteiger partial charge in [0, 0.05) is 58.4 Å². The highest BCUT2D eigenvalue weighted by Gasteiger charge is 2.23. The molecule has 0 bridgehead atoms. The van der Waals surface area contributed by atoms with Crippen LogP contribution >= 0.6 is 11.3 Å². The molecule has 0 spiro atoms. The highest BCUT2D eigenvalue weighted by molar-refractivity contribution is 7.26. The number of nitrogens with zero attached hydrogens (tertiary/aromatic N) is 5. The Kier molecular flexibility index (Phi) is 7.03. The van der Waals surface area contributed by atoms with Crippen LogP contribution in [0.2, 0.25) is 0 Å². The molecule has 0 aliphatic heterocycles. The number of para-hydroxylation sites is 3. The van der Waals surface area contributed by atoms with Crippen LogP contribution in [0.3, 0.4) is 0 Å². The van der Waals surface area contributed by atoms with Crippen molar-refractivity contribution in [2.45, 2.75) is 0 Å². The highest BCUT2D eigenvalue weighted by atomic mass is 32.1. The molecule has 0 saturated carbocycles. The monoisotopic (exact) mass is 745 g/mol. The standard InChI is InChI=1S/C51H31N5S/c1-3-16-32(17-4-1)34-20-7-11-26-42(34)55-43-27-12-8-21-35(43)40-31-46-41(30-45(40)55)36-22-9-13-28-44(36)56(46)51-53-49(33-18-5-2-6-19-33)52-50(54-51)39-25-15-24-38-37-23-10-14-29-47(37)57-48(38)39/h1-31H. The van der Waals surface area contributed by atoms with Gasteiger partial charge in [0.2, 0.25) is 5.95 Å². The minimum absolute atomic E-state index is 0.584. The van der Waals surface area contributed by atoms with Gasteiger partial charge in [-0.05, 0) is 48.0 Å². The number of hydrogen-bond donors (Lipinski definition) is 0. The molecule has 8 aromatic carbocycles. The molecular weight excluding hydrogens is 715 g/mol. The van der Waals surface area contributed by atoms with Gasteiger partial charge < -0.3 is 4.57 Å². The lowest BCUT2D eigenvalue weighted by atomic mass is 10.0. The summed E-state index contributed by atoms with van der Waals surface area (Å²) in [6.07, 6.45) is 0. The maximum Gasteiger partial charge on any atom is 0.238 e. The Morgan fingerprint density at radius 3 is 1.65 bits per heavy atom. The van der Waals surface area contributed by atoms with Crippen molar-refractivity contribution in [1.29, 1.82) is 0 Å². The molecular formula is C51H31N5S. The quantitative estimate of drug-likeness (QED) is 0.176. The predicted molar refractivity (Wildman–Crippen MR) is 238 cm³/mol. The van der Waals surface area contributed by atoms with Crippen molar-refractivity contribution in [3.8, 4) is 45.5 Å². The third-order valence-corrected chi connectivity index (χ3v) is 12.4. The van der Waals surface area contributed by atoms with Gasteiger partial charge in [-0.15, -0.1) is 11.3 Å². The SMILES string of the molecule is c1ccc(-c2nc(-c3cccc4c3sc3ccccc34)nc(-n3c4ccccc4c4cc5c(cc43)c3ccccc3n5-c3ccccc3-c3ccccc3)n2)cc1. The topological polar surface area (TPSA) is 48.5 Å². The smallest absolute Gasteiger partial charge is 0.238 e. The lowest BCUT2D eigenvalue weighted by Gasteiger charge is -2.14. The van der Waals surface area contributed by atoms with E-state index in [0.29, 0.717) is 17.6 Å². The van der Waals surface area contributed by atoms with Crippen LogP contribution in [0.5, 0.6) is 0 Å². The molecule has 12 aromatic rings. The normalized spacial score (nSPS) is 11.9. The Balaban J connectivity index is 1.16. The van der Waals surface area contributed by atoms with E-state index >= 15 is 0 Å². The molecule has 0 atom stereocenters. The molecule has 0 aliphatic rings. The zero-order valence-electron chi connectivity index (χ0n) is 30.5. The molecule has 12 rings (SSSR count). The number of rotatable bonds is 5. The fourth-order valence-electron chi connectivity index (χ4n) is 8.66. The summed E-state index contributed by atoms with van der Waals surface area (Å²) in [6, 6.07) is 66.7. The Hall–Kier alpha value is -7.41. The number of benzene rings is 8. The number of fused-ring (bicyclic) bond motifs is 9. The fraction of sp³-hybridized carbons (Fsp3) is 0. The second kappa shape index (κ2) is 12.6. The first-order valence-corrected chi connectivity index (χ1v) is 19.9. The first kappa shape index (κ1) is 31.9. The van der Waals surface area contributed by atoms with Crippen molar-refractivity contribution in [2.24, 2.45) is 0 Å². The van der Waals surface area contributed by atoms with Gasteiger partial charge >= 0.3 is 0 Å². The van der Waals surface area contributed by atoms with Crippen LogP contribution < -0.4 is 0 Å². The van der Waals surface area contributed by atoms with Crippen molar-refractivity contribution in [2.75, 3.05) is 0 Å². The summed E-state index contributed by atoms with van der Waals surface area (Å²) in [4.78, 5) is 15.8. The Bertz CT molecular complexity index is 3520. The van der Waals surface area contributed by atoms with Gasteiger partial charge in [-0.2, -0.15) is 9.97 Å². The van der Waals surface area contributed by atoms with Gasteiger partial charge in [-0.3, -0.25) is 4.57 Å². The maximum atomic E-state index is 5.37. The van der Waals surface area contributed by atoms with E-state index in [1.807, 2.05) is 18.2 Å². The summed E-state index contributed by atoms with van der Waals surface area (Å²) in [5, 5.41) is 7.07. The van der Waals surface area contributed by atoms with E-state index in [0.717, 1.165) is 55.0 Å². The van der Waals surface area contributed by atoms with Gasteiger partial charge in [-0.1, -0.05) is 146 Å². The molecule has 5 nitrogen and oxygen atoms in total. The van der Waals surface area contributed by atoms with E-state index < -0.39 is 0 Å². The molecule has 6 heteroatoms. The summed E-state index contributed by atoms with van der Waals surface area (Å²) < 4.78 is 7.08. The third kappa shape index (κ3) is 4.91. The zero-order valence-corrected chi connectivity index (χ0v) is 31.4. The number of hydrogen-bond acceptors (Lipinski definition) is 4. The van der Waals surface area contributed by atoms with E-state index in [1.54, 1.807) is 11.3 Å². The summed E-state index contributed by atoms with van der Waals surface area (Å²) >= 11 is 1.79. The second-order valence-electron chi connectivity index (χ2n) is 14.4. The minimum Gasteiger partial charge on any atom is -0.309 e. The van der Waals surface area contributed by atoms with Gasteiger partial charge in [0.25, 0.3) is 0 Å². The highest BCUT2D eigenvalue weighted by Crippen LogP contribution is 2.42. The second-order valence-corrected chi connectivity index (χ2v) is 15.5. The molecule has 0 fully saturated rings. The third-order valence-electron chi connectivity index (χ3n) is 11.2. The molecule has 0 unspecified atom stereocenters. The van der Waals surface area contributed by atoms with Gasteiger partial charge in [0.15, 0.2) is 11.6 Å². The number of aromatic nitrogens is 5. The predicted octanol–water partition coefficient (Wildman–Crippen LogP) is 13.4. The molecule has 57 heavy (non-hydrogen) atoms. The van der Waals surface area contributed by atoms with Gasteiger partial charge in [-0.25, -0.2) is 4.98 Å². The van der Waals surface area contributed by atoms with Gasteiger partial charge in [0.05, 0.1) is 27.8 Å². The van der Waals surface area contributed by atoms with Crippen molar-refractivity contribution in [3.63, 3.8) is 0 Å². The van der Waals surface area contributed by atoms with Crippen molar-refractivity contribution in [3.05, 3.63) is 188 Å². The zero-order chi connectivity index (χ0) is 37.5. The van der Waals surface area contributed by atoms with Crippen molar-refractivity contribution < 1.29 is 0 Å². The van der Waals surface area contributed by atoms with Crippen LogP contribution in [0.25, 0.3) is 109 Å². The van der Waals surface area contributed by atoms with E-state index in [-0.39, 0.29) is 0 Å². The molecule has 0 saturated heterocycles. The van der Waals surface area contributed by atoms with E-state index in [2.05, 4.69) is 179 Å². The molecule has 266 valence electrons. The Morgan fingerprint density at radius 2 is 0.895 bits per heavy atom. The summed E-state index contributed by atoms with van der Waals surface area (Å²) in [5.41, 5.74) is 9.83. The molecule has 0 aliphatic carbocycles. The van der Waals surface area contributed by atoms with Crippen molar-refractivity contribution >= 4 is 75.1 Å². The first-order valence-electron chi connectivity index (χ1n) is 19.1. The number of thiophene rings is 1. The van der Waals surface area contributed by atoms with E-state index in [9.17, 15) is 0 Å². The van der Waals surface area contributed by atoms with Crippen LogP contribution in [-0.4, -0.2) is 24.1 Å². The van der Waals surface area contributed by atoms with Gasteiger partial charge in [0.1, 0.15) is 0 Å². The van der Waals surface area contributed by atoms with Crippen LogP contribution in [0.1, 0.15) is 0 Å². The Morgan fingerprint density at radius 1 is 0.351 bits per heavy atom. The summed E-state index contributed by atoms with van der Waals surface area (Å²) in [7, 11) is 0. The molecule has 0 amide bonds. The summed E-state index contributed by atoms with van der Waals surface area (Å²) in [5.74, 6) is 1.87. The molecule has 4 heterocycles. The fourth-order valence-corrected chi connectivity index (χ4v) is 9.87. The Labute approximate surface area is 331 Å². The van der Waals surface area contributed by atoms with Crippen molar-refractivity contribution in [1.82, 2.24) is 24.1 Å².